The van der Waals surface area contributed by atoms with E-state index in [2.05, 4.69) is 60.4 Å². The summed E-state index contributed by atoms with van der Waals surface area (Å²) in [5, 5.41) is 1.49. The van der Waals surface area contributed by atoms with E-state index in [-0.39, 0.29) is 0 Å². The molecule has 1 atom stereocenters. The molecular weight excluding hydrogens is 235 g/mol. The number of benzene rings is 2. The summed E-state index contributed by atoms with van der Waals surface area (Å²) < 4.78 is 0. The molecule has 1 unspecified atom stereocenters. The van der Waals surface area contributed by atoms with Crippen LogP contribution in [0.5, 0.6) is 0 Å². The Labute approximate surface area is 108 Å². The molecule has 0 aliphatic heterocycles. The first-order valence-electron chi connectivity index (χ1n) is 6.27. The molecule has 2 aromatic carbocycles. The van der Waals surface area contributed by atoms with E-state index in [1.54, 1.807) is 0 Å². The van der Waals surface area contributed by atoms with Gasteiger partial charge in [-0.2, -0.15) is 0 Å². The van der Waals surface area contributed by atoms with Gasteiger partial charge in [-0.25, -0.2) is 0 Å². The lowest BCUT2D eigenvalue weighted by Crippen LogP contribution is -1.85. The molecule has 0 spiro atoms. The molecule has 0 bridgehead atoms. The maximum absolute atomic E-state index is 2.27. The Morgan fingerprint density at radius 2 is 1.56 bits per heavy atom. The van der Waals surface area contributed by atoms with Crippen molar-refractivity contribution >= 4 is 8.19 Å². The van der Waals surface area contributed by atoms with Crippen molar-refractivity contribution < 1.29 is 0 Å². The van der Waals surface area contributed by atoms with Crippen molar-refractivity contribution in [3.8, 4) is 22.0 Å². The molecule has 0 nitrogen and oxygen atoms in total. The lowest BCUT2D eigenvalue weighted by Gasteiger charge is -2.06. The predicted molar refractivity (Wildman–Crippen MR) is 79.6 cm³/mol. The van der Waals surface area contributed by atoms with Crippen LogP contribution in [0.3, 0.4) is 0 Å². The third-order valence-corrected chi connectivity index (χ3v) is 4.85. The van der Waals surface area contributed by atoms with Gasteiger partial charge >= 0.3 is 0 Å². The highest BCUT2D eigenvalue weighted by atomic mass is 31.0. The molecule has 0 saturated heterocycles. The van der Waals surface area contributed by atoms with Gasteiger partial charge in [0, 0.05) is 0 Å². The van der Waals surface area contributed by atoms with E-state index in [4.69, 9.17) is 0 Å². The molecule has 86 valence electrons. The van der Waals surface area contributed by atoms with Crippen LogP contribution in [0.25, 0.3) is 22.0 Å². The molecule has 0 amide bonds. The van der Waals surface area contributed by atoms with E-state index in [0.717, 1.165) is 14.6 Å². The molecular formula is C17H13P. The first-order valence-corrected chi connectivity index (χ1v) is 7.35. The zero-order valence-electron chi connectivity index (χ0n) is 9.98. The second-order valence-corrected chi connectivity index (χ2v) is 5.91. The number of hydrogen-bond acceptors (Lipinski definition) is 0. The maximum Gasteiger partial charge on any atom is -0.000716 e. The maximum atomic E-state index is 2.27. The summed E-state index contributed by atoms with van der Waals surface area (Å²) in [7, 11) is 0.828. The number of fused-ring (bicyclic) bond motifs is 3. The van der Waals surface area contributed by atoms with Crippen LogP contribution in [0.1, 0.15) is 11.1 Å². The fraction of sp³-hybridized carbons (Fsp3) is 0.0588. The lowest BCUT2D eigenvalue weighted by molar-refractivity contribution is 1.27. The molecule has 3 aromatic rings. The van der Waals surface area contributed by atoms with Gasteiger partial charge in [-0.3, -0.25) is 0 Å². The molecule has 0 N–H and O–H groups in total. The highest BCUT2D eigenvalue weighted by Crippen LogP contribution is 2.43. The average molecular weight is 248 g/mol. The van der Waals surface area contributed by atoms with Crippen molar-refractivity contribution in [2.75, 3.05) is 0 Å². The molecule has 4 rings (SSSR count). The summed E-state index contributed by atoms with van der Waals surface area (Å²) in [5.41, 5.74) is 7.29. The van der Waals surface area contributed by atoms with E-state index in [9.17, 15) is 0 Å². The Kier molecular flexibility index (Phi) is 2.18. The van der Waals surface area contributed by atoms with Crippen molar-refractivity contribution in [2.45, 2.75) is 6.42 Å². The Morgan fingerprint density at radius 1 is 0.722 bits per heavy atom. The van der Waals surface area contributed by atoms with Crippen LogP contribution < -0.4 is 0 Å². The third-order valence-electron chi connectivity index (χ3n) is 3.74. The second-order valence-electron chi connectivity index (χ2n) is 4.75. The minimum absolute atomic E-state index is 0.828. The molecule has 1 heterocycles. The molecule has 1 aromatic heterocycles. The van der Waals surface area contributed by atoms with E-state index >= 15 is 0 Å². The quantitative estimate of drug-likeness (QED) is 0.447. The zero-order valence-corrected chi connectivity index (χ0v) is 11.0. The largest absolute Gasteiger partial charge is 0.132 e. The summed E-state index contributed by atoms with van der Waals surface area (Å²) in [5.74, 6) is 2.26. The first kappa shape index (κ1) is 10.2. The van der Waals surface area contributed by atoms with Gasteiger partial charge in [0.15, 0.2) is 0 Å². The van der Waals surface area contributed by atoms with Crippen molar-refractivity contribution in [3.63, 3.8) is 0 Å². The molecule has 1 aliphatic rings. The van der Waals surface area contributed by atoms with Crippen LogP contribution in [0.15, 0.2) is 60.4 Å². The summed E-state index contributed by atoms with van der Waals surface area (Å²) in [6, 6.07) is 19.9. The molecule has 1 heteroatoms. The van der Waals surface area contributed by atoms with Gasteiger partial charge in [0.25, 0.3) is 0 Å². The van der Waals surface area contributed by atoms with Crippen molar-refractivity contribution in [3.05, 3.63) is 71.5 Å². The first-order chi connectivity index (χ1) is 8.93. The van der Waals surface area contributed by atoms with Crippen LogP contribution in [-0.2, 0) is 6.42 Å². The Bertz CT molecular complexity index is 708. The number of rotatable bonds is 1. The fourth-order valence-corrected chi connectivity index (χ4v) is 3.86. The van der Waals surface area contributed by atoms with E-state index in [0.29, 0.717) is 0 Å². The topological polar surface area (TPSA) is 0 Å². The van der Waals surface area contributed by atoms with Gasteiger partial charge in [-0.15, -0.1) is 8.19 Å². The van der Waals surface area contributed by atoms with E-state index < -0.39 is 0 Å². The Morgan fingerprint density at radius 3 is 2.44 bits per heavy atom. The van der Waals surface area contributed by atoms with Gasteiger partial charge in [0.05, 0.1) is 0 Å². The predicted octanol–water partition coefficient (Wildman–Crippen LogP) is 4.96. The lowest BCUT2D eigenvalue weighted by atomic mass is 10.0. The minimum Gasteiger partial charge on any atom is -0.132 e. The summed E-state index contributed by atoms with van der Waals surface area (Å²) in [6.07, 6.45) is 1.09. The molecule has 0 saturated carbocycles. The SMILES string of the molecule is c1c[pH]c(-c2cccc3c2Cc2ccccc2-3)c1. The standard InChI is InChI=1S/C17H13P/c1-2-6-13-12(5-1)11-16-14(13)7-3-8-15(16)17-9-4-10-18-17/h1-10,18H,11H2. The van der Waals surface area contributed by atoms with Crippen LogP contribution in [0.4, 0.5) is 0 Å². The van der Waals surface area contributed by atoms with Crippen molar-refractivity contribution in [1.82, 2.24) is 0 Å². The van der Waals surface area contributed by atoms with Gasteiger partial charge in [0.1, 0.15) is 0 Å². The Balaban J connectivity index is 1.97. The summed E-state index contributed by atoms with van der Waals surface area (Å²) in [6.45, 7) is 0. The fourth-order valence-electron chi connectivity index (χ4n) is 2.91. The molecule has 1 aliphatic carbocycles. The van der Waals surface area contributed by atoms with Gasteiger partial charge < -0.3 is 0 Å². The smallest absolute Gasteiger partial charge is 0.000716 e. The minimum atomic E-state index is 0.828. The van der Waals surface area contributed by atoms with Gasteiger partial charge in [-0.05, 0) is 45.3 Å². The normalized spacial score (nSPS) is 12.7. The number of hydrogen-bond donors (Lipinski definition) is 0. The van der Waals surface area contributed by atoms with Gasteiger partial charge in [0.2, 0.25) is 0 Å². The Hall–Kier alpha value is -1.78. The summed E-state index contributed by atoms with van der Waals surface area (Å²) >= 11 is 0. The summed E-state index contributed by atoms with van der Waals surface area (Å²) in [4.78, 5) is 0. The average Bonchev–Trinajstić information content (AvgIpc) is 3.05. The van der Waals surface area contributed by atoms with E-state index in [1.165, 1.54) is 33.1 Å². The molecule has 0 radical (unpaired) electrons. The van der Waals surface area contributed by atoms with Crippen LogP contribution >= 0.6 is 8.19 Å². The molecule has 0 fully saturated rings. The van der Waals surface area contributed by atoms with Crippen LogP contribution in [0.2, 0.25) is 0 Å². The van der Waals surface area contributed by atoms with Gasteiger partial charge in [-0.1, -0.05) is 54.6 Å². The van der Waals surface area contributed by atoms with Crippen molar-refractivity contribution in [2.24, 2.45) is 0 Å². The van der Waals surface area contributed by atoms with Crippen LogP contribution in [0, 0.1) is 0 Å². The monoisotopic (exact) mass is 248 g/mol. The van der Waals surface area contributed by atoms with Crippen LogP contribution in [-0.4, -0.2) is 0 Å². The second kappa shape index (κ2) is 3.86. The third kappa shape index (κ3) is 1.39. The molecule has 18 heavy (non-hydrogen) atoms. The highest BCUT2D eigenvalue weighted by molar-refractivity contribution is 7.33. The zero-order chi connectivity index (χ0) is 11.9. The van der Waals surface area contributed by atoms with Crippen molar-refractivity contribution in [1.29, 1.82) is 0 Å². The highest BCUT2D eigenvalue weighted by Gasteiger charge is 2.20. The van der Waals surface area contributed by atoms with E-state index in [1.807, 2.05) is 0 Å².